The number of imide groups is 1. The number of rotatable bonds is 6. The molecule has 0 aromatic heterocycles. The summed E-state index contributed by atoms with van der Waals surface area (Å²) in [7, 11) is 0. The standard InChI is InChI=1S/C23H33N3O4/c1-23(2,3)30-21(28)5-4-12-25-13-15-26(16-14-25)18-8-6-17(7-9-18)19-10-11-20(27)24-22(19)29/h6-9,19H,4-5,10-16H2,1-3H3,(H,24,27,29). The van der Waals surface area contributed by atoms with Gasteiger partial charge in [-0.15, -0.1) is 0 Å². The topological polar surface area (TPSA) is 79.0 Å². The van der Waals surface area contributed by atoms with Gasteiger partial charge in [0.2, 0.25) is 11.8 Å². The number of carbonyl (C=O) groups excluding carboxylic acids is 3. The van der Waals surface area contributed by atoms with Crippen LogP contribution in [0.2, 0.25) is 0 Å². The van der Waals surface area contributed by atoms with Crippen LogP contribution in [-0.2, 0) is 19.1 Å². The van der Waals surface area contributed by atoms with Crippen LogP contribution >= 0.6 is 0 Å². The minimum atomic E-state index is -0.420. The monoisotopic (exact) mass is 415 g/mol. The smallest absolute Gasteiger partial charge is 0.306 e. The number of anilines is 1. The second-order valence-corrected chi connectivity index (χ2v) is 9.11. The van der Waals surface area contributed by atoms with Crippen molar-refractivity contribution in [1.29, 1.82) is 0 Å². The molecule has 2 amide bonds. The van der Waals surface area contributed by atoms with Crippen molar-refractivity contribution in [2.24, 2.45) is 0 Å². The van der Waals surface area contributed by atoms with Crippen LogP contribution in [0.25, 0.3) is 0 Å². The molecule has 1 aromatic carbocycles. The Morgan fingerprint density at radius 3 is 2.37 bits per heavy atom. The summed E-state index contributed by atoms with van der Waals surface area (Å²) in [6.07, 6.45) is 2.24. The van der Waals surface area contributed by atoms with Crippen molar-refractivity contribution in [3.8, 4) is 0 Å². The highest BCUT2D eigenvalue weighted by Gasteiger charge is 2.28. The fourth-order valence-electron chi connectivity index (χ4n) is 4.00. The van der Waals surface area contributed by atoms with E-state index in [2.05, 4.69) is 27.2 Å². The van der Waals surface area contributed by atoms with Gasteiger partial charge in [0.15, 0.2) is 0 Å². The largest absolute Gasteiger partial charge is 0.460 e. The highest BCUT2D eigenvalue weighted by molar-refractivity contribution is 6.00. The number of nitrogens with zero attached hydrogens (tertiary/aromatic N) is 2. The molecule has 2 aliphatic heterocycles. The molecule has 164 valence electrons. The van der Waals surface area contributed by atoms with E-state index in [0.717, 1.165) is 50.4 Å². The second kappa shape index (κ2) is 9.60. The zero-order chi connectivity index (χ0) is 21.7. The molecule has 7 nitrogen and oxygen atoms in total. The number of hydrogen-bond acceptors (Lipinski definition) is 6. The summed E-state index contributed by atoms with van der Waals surface area (Å²) >= 11 is 0. The Morgan fingerprint density at radius 2 is 1.77 bits per heavy atom. The Kier molecular flexibility index (Phi) is 7.13. The quantitative estimate of drug-likeness (QED) is 0.568. The average molecular weight is 416 g/mol. The van der Waals surface area contributed by atoms with Crippen LogP contribution in [0.4, 0.5) is 5.69 Å². The summed E-state index contributed by atoms with van der Waals surface area (Å²) in [5.74, 6) is -0.744. The van der Waals surface area contributed by atoms with E-state index in [1.54, 1.807) is 0 Å². The lowest BCUT2D eigenvalue weighted by molar-refractivity contribution is -0.155. The number of carbonyl (C=O) groups is 3. The maximum Gasteiger partial charge on any atom is 0.306 e. The van der Waals surface area contributed by atoms with E-state index >= 15 is 0 Å². The van der Waals surface area contributed by atoms with E-state index in [9.17, 15) is 14.4 Å². The van der Waals surface area contributed by atoms with Crippen molar-refractivity contribution >= 4 is 23.5 Å². The minimum absolute atomic E-state index is 0.128. The highest BCUT2D eigenvalue weighted by atomic mass is 16.6. The molecule has 2 aliphatic rings. The van der Waals surface area contributed by atoms with Gasteiger partial charge in [-0.2, -0.15) is 0 Å². The molecule has 0 spiro atoms. The summed E-state index contributed by atoms with van der Waals surface area (Å²) in [6.45, 7) is 10.4. The first-order valence-electron chi connectivity index (χ1n) is 10.8. The van der Waals surface area contributed by atoms with Crippen molar-refractivity contribution in [3.05, 3.63) is 29.8 Å². The fraction of sp³-hybridized carbons (Fsp3) is 0.609. The Hall–Kier alpha value is -2.41. The maximum absolute atomic E-state index is 12.0. The fourth-order valence-corrected chi connectivity index (χ4v) is 4.00. The van der Waals surface area contributed by atoms with E-state index in [-0.39, 0.29) is 23.7 Å². The van der Waals surface area contributed by atoms with Crippen molar-refractivity contribution in [2.45, 2.75) is 58.0 Å². The molecule has 1 aromatic rings. The first-order valence-corrected chi connectivity index (χ1v) is 10.8. The summed E-state index contributed by atoms with van der Waals surface area (Å²) in [5.41, 5.74) is 1.69. The van der Waals surface area contributed by atoms with Gasteiger partial charge in [0.25, 0.3) is 0 Å². The average Bonchev–Trinajstić information content (AvgIpc) is 2.67. The molecular weight excluding hydrogens is 382 g/mol. The molecular formula is C23H33N3O4. The molecule has 1 unspecified atom stereocenters. The van der Waals surface area contributed by atoms with Crippen molar-refractivity contribution in [2.75, 3.05) is 37.6 Å². The molecule has 0 aliphatic carbocycles. The predicted octanol–water partition coefficient (Wildman–Crippen LogP) is 2.45. The van der Waals surface area contributed by atoms with Gasteiger partial charge in [-0.3, -0.25) is 24.6 Å². The van der Waals surface area contributed by atoms with Crippen LogP contribution in [-0.4, -0.2) is 61.0 Å². The molecule has 1 atom stereocenters. The Bertz CT molecular complexity index is 762. The first-order chi connectivity index (χ1) is 14.2. The van der Waals surface area contributed by atoms with Crippen LogP contribution in [0.15, 0.2) is 24.3 Å². The number of hydrogen-bond donors (Lipinski definition) is 1. The Labute approximate surface area is 178 Å². The molecule has 3 rings (SSSR count). The Morgan fingerprint density at radius 1 is 1.10 bits per heavy atom. The second-order valence-electron chi connectivity index (χ2n) is 9.11. The van der Waals surface area contributed by atoms with E-state index in [1.807, 2.05) is 32.9 Å². The van der Waals surface area contributed by atoms with Gasteiger partial charge in [0.05, 0.1) is 5.92 Å². The van der Waals surface area contributed by atoms with Crippen molar-refractivity contribution < 1.29 is 19.1 Å². The molecule has 0 radical (unpaired) electrons. The van der Waals surface area contributed by atoms with E-state index in [1.165, 1.54) is 0 Å². The molecule has 2 fully saturated rings. The third-order valence-electron chi connectivity index (χ3n) is 5.55. The highest BCUT2D eigenvalue weighted by Crippen LogP contribution is 2.27. The summed E-state index contributed by atoms with van der Waals surface area (Å²) in [4.78, 5) is 39.9. The first kappa shape index (κ1) is 22.3. The number of esters is 1. The minimum Gasteiger partial charge on any atom is -0.460 e. The van der Waals surface area contributed by atoms with Crippen LogP contribution in [0, 0.1) is 0 Å². The van der Waals surface area contributed by atoms with Crippen LogP contribution < -0.4 is 10.2 Å². The molecule has 30 heavy (non-hydrogen) atoms. The van der Waals surface area contributed by atoms with Crippen LogP contribution in [0.3, 0.4) is 0 Å². The van der Waals surface area contributed by atoms with Gasteiger partial charge in [-0.05, 0) is 57.9 Å². The van der Waals surface area contributed by atoms with Gasteiger partial charge < -0.3 is 9.64 Å². The number of benzene rings is 1. The number of ether oxygens (including phenoxy) is 1. The van der Waals surface area contributed by atoms with E-state index < -0.39 is 5.60 Å². The van der Waals surface area contributed by atoms with Crippen LogP contribution in [0.1, 0.15) is 57.9 Å². The zero-order valence-corrected chi connectivity index (χ0v) is 18.3. The lowest BCUT2D eigenvalue weighted by Crippen LogP contribution is -2.46. The molecule has 1 N–H and O–H groups in total. The summed E-state index contributed by atoms with van der Waals surface area (Å²) in [5, 5.41) is 2.42. The maximum atomic E-state index is 12.0. The third-order valence-corrected chi connectivity index (χ3v) is 5.55. The Balaban J connectivity index is 1.42. The molecule has 7 heteroatoms. The number of amides is 2. The summed E-state index contributed by atoms with van der Waals surface area (Å²) < 4.78 is 5.36. The molecule has 2 saturated heterocycles. The van der Waals surface area contributed by atoms with Gasteiger partial charge in [-0.25, -0.2) is 0 Å². The van der Waals surface area contributed by atoms with Gasteiger partial charge in [0.1, 0.15) is 5.60 Å². The zero-order valence-electron chi connectivity index (χ0n) is 18.3. The summed E-state index contributed by atoms with van der Waals surface area (Å²) in [6, 6.07) is 8.14. The van der Waals surface area contributed by atoms with Crippen molar-refractivity contribution in [1.82, 2.24) is 10.2 Å². The normalized spacial score (nSPS) is 20.8. The molecule has 0 saturated carbocycles. The van der Waals surface area contributed by atoms with Crippen LogP contribution in [0.5, 0.6) is 0 Å². The lowest BCUT2D eigenvalue weighted by Gasteiger charge is -2.36. The number of nitrogens with one attached hydrogen (secondary N) is 1. The number of piperazine rings is 1. The van der Waals surface area contributed by atoms with Gasteiger partial charge in [0, 0.05) is 44.7 Å². The molecule has 0 bridgehead atoms. The predicted molar refractivity (Wildman–Crippen MR) is 115 cm³/mol. The third kappa shape index (κ3) is 6.29. The van der Waals surface area contributed by atoms with Crippen molar-refractivity contribution in [3.63, 3.8) is 0 Å². The van der Waals surface area contributed by atoms with E-state index in [0.29, 0.717) is 19.3 Å². The molecule has 2 heterocycles. The van der Waals surface area contributed by atoms with E-state index in [4.69, 9.17) is 4.74 Å². The lowest BCUT2D eigenvalue weighted by atomic mass is 9.90. The van der Waals surface area contributed by atoms with Gasteiger partial charge in [-0.1, -0.05) is 12.1 Å². The van der Waals surface area contributed by atoms with Gasteiger partial charge >= 0.3 is 5.97 Å². The number of piperidine rings is 1. The SMILES string of the molecule is CC(C)(C)OC(=O)CCCN1CCN(c2ccc(C3CCC(=O)NC3=O)cc2)CC1.